The van der Waals surface area contributed by atoms with Crippen molar-refractivity contribution in [2.24, 2.45) is 0 Å². The fourth-order valence-electron chi connectivity index (χ4n) is 5.88. The first-order chi connectivity index (χ1) is 23.1. The molecule has 0 aliphatic carbocycles. The van der Waals surface area contributed by atoms with Crippen LogP contribution >= 0.6 is 0 Å². The molecule has 0 unspecified atom stereocenters. The van der Waals surface area contributed by atoms with Gasteiger partial charge in [-0.3, -0.25) is 9.59 Å². The largest absolute Gasteiger partial charge is 0.462 e. The number of allylic oxidation sites excluding steroid dienone is 4. The van der Waals surface area contributed by atoms with Crippen LogP contribution in [0.1, 0.15) is 213 Å². The third kappa shape index (κ3) is 37.1. The standard InChI is InChI=1S/C42H78O5/c1-3-5-7-9-11-13-15-17-19-20-21-22-23-25-26-28-30-32-34-36-41(44)46-39-40(38-43)47-42(45)37-35-33-31-29-27-24-18-16-14-12-10-8-6-4-2/h11,13,17,19,40,43H,3-10,12,14-16,18,20-39H2,1-2H3/b13-11+,19-17+/t40-/m0/s1. The fraction of sp³-hybridized carbons (Fsp3) is 0.857. The first-order valence-corrected chi connectivity index (χ1v) is 20.4. The minimum absolute atomic E-state index is 0.0637. The van der Waals surface area contributed by atoms with Crippen molar-refractivity contribution in [1.29, 1.82) is 0 Å². The molecular weight excluding hydrogens is 584 g/mol. The Labute approximate surface area is 292 Å². The van der Waals surface area contributed by atoms with Gasteiger partial charge in [0.15, 0.2) is 6.10 Å². The molecule has 0 radical (unpaired) electrons. The smallest absolute Gasteiger partial charge is 0.306 e. The lowest BCUT2D eigenvalue weighted by Gasteiger charge is -2.15. The number of hydrogen-bond acceptors (Lipinski definition) is 5. The summed E-state index contributed by atoms with van der Waals surface area (Å²) in [7, 11) is 0. The molecule has 0 saturated carbocycles. The molecule has 0 aromatic rings. The fourth-order valence-corrected chi connectivity index (χ4v) is 5.88. The van der Waals surface area contributed by atoms with Gasteiger partial charge in [0.2, 0.25) is 0 Å². The quantitative estimate of drug-likeness (QED) is 0.0407. The summed E-state index contributed by atoms with van der Waals surface area (Å²) in [5.74, 6) is -0.587. The van der Waals surface area contributed by atoms with Gasteiger partial charge in [0, 0.05) is 12.8 Å². The zero-order chi connectivity index (χ0) is 34.3. The van der Waals surface area contributed by atoms with Crippen LogP contribution in [0.3, 0.4) is 0 Å². The number of carbonyl (C=O) groups excluding carboxylic acids is 2. The van der Waals surface area contributed by atoms with Gasteiger partial charge in [0.1, 0.15) is 6.61 Å². The van der Waals surface area contributed by atoms with E-state index in [-0.39, 0.29) is 25.2 Å². The number of esters is 2. The van der Waals surface area contributed by atoms with Gasteiger partial charge in [-0.2, -0.15) is 0 Å². The average molecular weight is 663 g/mol. The third-order valence-corrected chi connectivity index (χ3v) is 9.00. The van der Waals surface area contributed by atoms with Crippen molar-refractivity contribution in [1.82, 2.24) is 0 Å². The van der Waals surface area contributed by atoms with Crippen LogP contribution in [0.25, 0.3) is 0 Å². The molecule has 0 aliphatic heterocycles. The van der Waals surface area contributed by atoms with E-state index in [0.717, 1.165) is 44.9 Å². The maximum atomic E-state index is 12.2. The van der Waals surface area contributed by atoms with Gasteiger partial charge >= 0.3 is 11.9 Å². The molecule has 0 heterocycles. The van der Waals surface area contributed by atoms with Crippen molar-refractivity contribution in [2.75, 3.05) is 13.2 Å². The lowest BCUT2D eigenvalue weighted by Crippen LogP contribution is -2.28. The monoisotopic (exact) mass is 663 g/mol. The van der Waals surface area contributed by atoms with Crippen molar-refractivity contribution in [2.45, 2.75) is 219 Å². The van der Waals surface area contributed by atoms with Gasteiger partial charge in [0.25, 0.3) is 0 Å². The highest BCUT2D eigenvalue weighted by Crippen LogP contribution is 2.15. The zero-order valence-corrected chi connectivity index (χ0v) is 31.3. The van der Waals surface area contributed by atoms with Crippen LogP contribution in [0.4, 0.5) is 0 Å². The average Bonchev–Trinajstić information content (AvgIpc) is 3.07. The second kappa shape index (κ2) is 38.8. The predicted octanol–water partition coefficient (Wildman–Crippen LogP) is 12.7. The molecular formula is C42H78O5. The molecule has 276 valence electrons. The number of carbonyl (C=O) groups is 2. The van der Waals surface area contributed by atoms with Gasteiger partial charge < -0.3 is 14.6 Å². The van der Waals surface area contributed by atoms with Crippen LogP contribution in [0.2, 0.25) is 0 Å². The van der Waals surface area contributed by atoms with Crippen molar-refractivity contribution in [3.63, 3.8) is 0 Å². The first kappa shape index (κ1) is 45.4. The Bertz CT molecular complexity index is 716. The minimum atomic E-state index is -0.767. The van der Waals surface area contributed by atoms with E-state index in [9.17, 15) is 14.7 Å². The highest BCUT2D eigenvalue weighted by atomic mass is 16.6. The maximum Gasteiger partial charge on any atom is 0.306 e. The molecule has 0 bridgehead atoms. The van der Waals surface area contributed by atoms with E-state index in [4.69, 9.17) is 9.47 Å². The first-order valence-electron chi connectivity index (χ1n) is 20.4. The number of aliphatic hydroxyl groups excluding tert-OH is 1. The third-order valence-electron chi connectivity index (χ3n) is 9.00. The molecule has 0 aliphatic rings. The van der Waals surface area contributed by atoms with Crippen LogP contribution in [0.15, 0.2) is 24.3 Å². The number of rotatable bonds is 37. The van der Waals surface area contributed by atoms with Crippen LogP contribution < -0.4 is 0 Å². The summed E-state index contributed by atoms with van der Waals surface area (Å²) in [6, 6.07) is 0. The normalized spacial score (nSPS) is 12.3. The highest BCUT2D eigenvalue weighted by Gasteiger charge is 2.16. The molecule has 1 atom stereocenters. The summed E-state index contributed by atoms with van der Waals surface area (Å²) in [5.41, 5.74) is 0. The van der Waals surface area contributed by atoms with Gasteiger partial charge in [-0.15, -0.1) is 0 Å². The Morgan fingerprint density at radius 2 is 0.851 bits per heavy atom. The van der Waals surface area contributed by atoms with Crippen LogP contribution in [0.5, 0.6) is 0 Å². The Balaban J connectivity index is 3.52. The van der Waals surface area contributed by atoms with E-state index < -0.39 is 6.10 Å². The maximum absolute atomic E-state index is 12.2. The second-order valence-electron chi connectivity index (χ2n) is 13.7. The summed E-state index contributed by atoms with van der Waals surface area (Å²) in [6.45, 7) is 4.12. The molecule has 5 nitrogen and oxygen atoms in total. The lowest BCUT2D eigenvalue weighted by molar-refractivity contribution is -0.161. The second-order valence-corrected chi connectivity index (χ2v) is 13.7. The lowest BCUT2D eigenvalue weighted by atomic mass is 10.0. The number of ether oxygens (including phenoxy) is 2. The SMILES string of the molecule is CCCCC/C=C/C/C=C/CCCCCCCCCCCC(=O)OC[C@H](CO)OC(=O)CCCCCCCCCCCCCCCC. The van der Waals surface area contributed by atoms with E-state index in [0.29, 0.717) is 12.8 Å². The predicted molar refractivity (Wildman–Crippen MR) is 201 cm³/mol. The van der Waals surface area contributed by atoms with E-state index in [1.807, 2.05) is 0 Å². The molecule has 5 heteroatoms. The number of unbranched alkanes of at least 4 members (excludes halogenated alkanes) is 25. The van der Waals surface area contributed by atoms with Crippen molar-refractivity contribution in [3.8, 4) is 0 Å². The summed E-state index contributed by atoms with van der Waals surface area (Å²) < 4.78 is 10.6. The van der Waals surface area contributed by atoms with E-state index in [2.05, 4.69) is 38.2 Å². The minimum Gasteiger partial charge on any atom is -0.462 e. The van der Waals surface area contributed by atoms with Gasteiger partial charge in [0.05, 0.1) is 6.61 Å². The van der Waals surface area contributed by atoms with Crippen molar-refractivity contribution in [3.05, 3.63) is 24.3 Å². The molecule has 0 saturated heterocycles. The Morgan fingerprint density at radius 3 is 1.30 bits per heavy atom. The van der Waals surface area contributed by atoms with Gasteiger partial charge in [-0.25, -0.2) is 0 Å². The van der Waals surface area contributed by atoms with E-state index in [1.165, 1.54) is 141 Å². The summed E-state index contributed by atoms with van der Waals surface area (Å²) in [4.78, 5) is 24.3. The molecule has 0 aromatic heterocycles. The number of hydrogen-bond donors (Lipinski definition) is 1. The molecule has 0 spiro atoms. The Kier molecular flexibility index (Phi) is 37.5. The van der Waals surface area contributed by atoms with Crippen LogP contribution in [-0.4, -0.2) is 36.4 Å². The molecule has 0 rings (SSSR count). The van der Waals surface area contributed by atoms with Crippen molar-refractivity contribution >= 4 is 11.9 Å². The van der Waals surface area contributed by atoms with Crippen LogP contribution in [0, 0.1) is 0 Å². The molecule has 0 amide bonds. The van der Waals surface area contributed by atoms with Crippen molar-refractivity contribution < 1.29 is 24.2 Å². The van der Waals surface area contributed by atoms with Gasteiger partial charge in [-0.05, 0) is 44.9 Å². The van der Waals surface area contributed by atoms with Crippen LogP contribution in [-0.2, 0) is 19.1 Å². The summed E-state index contributed by atoms with van der Waals surface area (Å²) >= 11 is 0. The van der Waals surface area contributed by atoms with Gasteiger partial charge in [-0.1, -0.05) is 179 Å². The molecule has 47 heavy (non-hydrogen) atoms. The highest BCUT2D eigenvalue weighted by molar-refractivity contribution is 5.70. The molecule has 0 fully saturated rings. The Morgan fingerprint density at radius 1 is 0.489 bits per heavy atom. The zero-order valence-electron chi connectivity index (χ0n) is 31.3. The topological polar surface area (TPSA) is 72.8 Å². The summed E-state index contributed by atoms with van der Waals surface area (Å²) in [6.07, 6.45) is 45.2. The Hall–Kier alpha value is -1.62. The summed E-state index contributed by atoms with van der Waals surface area (Å²) in [5, 5.41) is 9.55. The van der Waals surface area contributed by atoms with E-state index in [1.54, 1.807) is 0 Å². The van der Waals surface area contributed by atoms with E-state index >= 15 is 0 Å². The molecule has 1 N–H and O–H groups in total. The molecule has 0 aromatic carbocycles. The number of aliphatic hydroxyl groups is 1.